The Morgan fingerprint density at radius 3 is 2.08 bits per heavy atom. The summed E-state index contributed by atoms with van der Waals surface area (Å²) in [6.45, 7) is 9.68. The third kappa shape index (κ3) is 6.91. The van der Waals surface area contributed by atoms with Gasteiger partial charge in [-0.3, -0.25) is 4.79 Å². The quantitative estimate of drug-likeness (QED) is 0.850. The molecule has 1 aliphatic rings. The van der Waals surface area contributed by atoms with Crippen molar-refractivity contribution in [2.24, 2.45) is 0 Å². The molecule has 1 aliphatic heterocycles. The lowest BCUT2D eigenvalue weighted by atomic mass is 10.0. The van der Waals surface area contributed by atoms with Gasteiger partial charge in [-0.05, 0) is 45.1 Å². The molecule has 1 fully saturated rings. The number of alkyl halides is 3. The number of hydrogen-bond donors (Lipinski definition) is 1. The summed E-state index contributed by atoms with van der Waals surface area (Å²) in [4.78, 5) is 14.2. The van der Waals surface area contributed by atoms with Gasteiger partial charge in [0.1, 0.15) is 0 Å². The van der Waals surface area contributed by atoms with Crippen LogP contribution in [0.1, 0.15) is 56.5 Å². The lowest BCUT2D eigenvalue weighted by Crippen LogP contribution is -2.43. The van der Waals surface area contributed by atoms with Crippen LogP contribution in [0.3, 0.4) is 0 Å². The van der Waals surface area contributed by atoms with Crippen LogP contribution in [0.15, 0.2) is 24.3 Å². The second-order valence-electron chi connectivity index (χ2n) is 5.09. The highest BCUT2D eigenvalue weighted by Gasteiger charge is 2.35. The molecule has 24 heavy (non-hydrogen) atoms. The fourth-order valence-electron chi connectivity index (χ4n) is 2.34. The molecule has 0 aliphatic carbocycles. The first-order valence-electron chi connectivity index (χ1n) is 8.53. The van der Waals surface area contributed by atoms with Gasteiger partial charge in [-0.1, -0.05) is 39.8 Å². The molecule has 0 unspecified atom stereocenters. The van der Waals surface area contributed by atoms with E-state index in [1.54, 1.807) is 0 Å². The first kappa shape index (κ1) is 22.4. The number of piperidine rings is 1. The molecular formula is C18H29F3N2O. The molecule has 138 valence electrons. The van der Waals surface area contributed by atoms with Gasteiger partial charge in [0.15, 0.2) is 0 Å². The van der Waals surface area contributed by atoms with E-state index in [4.69, 9.17) is 0 Å². The topological polar surface area (TPSA) is 32.3 Å². The molecule has 2 rings (SSSR count). The largest absolute Gasteiger partial charge is 0.417 e. The van der Waals surface area contributed by atoms with Gasteiger partial charge in [-0.25, -0.2) is 0 Å². The molecule has 3 nitrogen and oxygen atoms in total. The van der Waals surface area contributed by atoms with E-state index in [0.717, 1.165) is 32.0 Å². The number of benzene rings is 1. The van der Waals surface area contributed by atoms with Crippen LogP contribution in [0.2, 0.25) is 0 Å². The van der Waals surface area contributed by atoms with E-state index < -0.39 is 17.6 Å². The maximum atomic E-state index is 12.9. The maximum absolute atomic E-state index is 12.9. The third-order valence-electron chi connectivity index (χ3n) is 3.53. The Bertz CT molecular complexity index is 481. The molecule has 1 aromatic carbocycles. The van der Waals surface area contributed by atoms with E-state index in [0.29, 0.717) is 0 Å². The molecule has 6 heteroatoms. The smallest absolute Gasteiger partial charge is 0.349 e. The van der Waals surface area contributed by atoms with Crippen LogP contribution in [0.5, 0.6) is 0 Å². The molecule has 1 aromatic rings. The van der Waals surface area contributed by atoms with Crippen molar-refractivity contribution in [1.82, 2.24) is 10.2 Å². The number of carbonyl (C=O) groups is 1. The highest BCUT2D eigenvalue weighted by molar-refractivity contribution is 5.96. The van der Waals surface area contributed by atoms with Gasteiger partial charge in [-0.2, -0.15) is 13.2 Å². The van der Waals surface area contributed by atoms with Crippen LogP contribution in [0.25, 0.3) is 0 Å². The van der Waals surface area contributed by atoms with Gasteiger partial charge in [0.05, 0.1) is 11.1 Å². The Kier molecular flexibility index (Phi) is 10.4. The molecule has 0 aromatic heterocycles. The van der Waals surface area contributed by atoms with E-state index in [1.807, 2.05) is 34.7 Å². The van der Waals surface area contributed by atoms with E-state index in [-0.39, 0.29) is 11.6 Å². The first-order chi connectivity index (χ1) is 11.4. The Hall–Kier alpha value is -1.56. The standard InChI is InChI=1S/C14H17F3N2O.2C2H6/c1-19-8-6-10(7-9-19)18-13(20)11-4-2-3-5-12(11)14(15,16)17;2*1-2/h2-5,10H,6-9H2,1H3,(H,18,20);2*1-2H3. The van der Waals surface area contributed by atoms with E-state index >= 15 is 0 Å². The van der Waals surface area contributed by atoms with Crippen molar-refractivity contribution < 1.29 is 18.0 Å². The minimum absolute atomic E-state index is 0.0556. The van der Waals surface area contributed by atoms with Crippen molar-refractivity contribution >= 4 is 5.91 Å². The van der Waals surface area contributed by atoms with Crippen LogP contribution >= 0.6 is 0 Å². The zero-order chi connectivity index (χ0) is 18.8. The molecular weight excluding hydrogens is 317 g/mol. The second kappa shape index (κ2) is 11.1. The summed E-state index contributed by atoms with van der Waals surface area (Å²) in [5, 5.41) is 2.70. The van der Waals surface area contributed by atoms with Gasteiger partial charge >= 0.3 is 6.18 Å². The van der Waals surface area contributed by atoms with Crippen molar-refractivity contribution in [3.05, 3.63) is 35.4 Å². The monoisotopic (exact) mass is 346 g/mol. The summed E-state index contributed by atoms with van der Waals surface area (Å²) in [7, 11) is 1.98. The van der Waals surface area contributed by atoms with Gasteiger partial charge in [0, 0.05) is 6.04 Å². The minimum atomic E-state index is -4.51. The van der Waals surface area contributed by atoms with Crippen LogP contribution in [0, 0.1) is 0 Å². The zero-order valence-corrected chi connectivity index (χ0v) is 15.2. The Morgan fingerprint density at radius 1 is 1.08 bits per heavy atom. The highest BCUT2D eigenvalue weighted by Crippen LogP contribution is 2.31. The first-order valence-corrected chi connectivity index (χ1v) is 8.53. The lowest BCUT2D eigenvalue weighted by Gasteiger charge is -2.29. The molecule has 0 bridgehead atoms. The molecule has 0 spiro atoms. The Labute approximate surface area is 143 Å². The lowest BCUT2D eigenvalue weighted by molar-refractivity contribution is -0.137. The molecule has 1 heterocycles. The number of halogens is 3. The van der Waals surface area contributed by atoms with Gasteiger partial charge in [-0.15, -0.1) is 0 Å². The van der Waals surface area contributed by atoms with Crippen LogP contribution in [0.4, 0.5) is 13.2 Å². The number of nitrogens with one attached hydrogen (secondary N) is 1. The van der Waals surface area contributed by atoms with E-state index in [1.165, 1.54) is 18.2 Å². The van der Waals surface area contributed by atoms with Crippen LogP contribution < -0.4 is 5.32 Å². The fourth-order valence-corrected chi connectivity index (χ4v) is 2.34. The summed E-state index contributed by atoms with van der Waals surface area (Å²) in [5.41, 5.74) is -1.19. The SMILES string of the molecule is CC.CC.CN1CCC(NC(=O)c2ccccc2C(F)(F)F)CC1. The zero-order valence-electron chi connectivity index (χ0n) is 15.2. The summed E-state index contributed by atoms with van der Waals surface area (Å²) < 4.78 is 38.6. The Morgan fingerprint density at radius 2 is 1.58 bits per heavy atom. The predicted octanol–water partition coefficient (Wildman–Crippen LogP) is 4.58. The third-order valence-corrected chi connectivity index (χ3v) is 3.53. The normalized spacial score (nSPS) is 15.5. The summed E-state index contributed by atoms with van der Waals surface area (Å²) in [5.74, 6) is -0.646. The number of carbonyl (C=O) groups excluding carboxylic acids is 1. The average molecular weight is 346 g/mol. The summed E-state index contributed by atoms with van der Waals surface area (Å²) in [6, 6.07) is 4.82. The maximum Gasteiger partial charge on any atom is 0.417 e. The van der Waals surface area contributed by atoms with Gasteiger partial charge in [0.2, 0.25) is 0 Å². The molecule has 0 atom stereocenters. The number of rotatable bonds is 2. The predicted molar refractivity (Wildman–Crippen MR) is 92.1 cm³/mol. The minimum Gasteiger partial charge on any atom is -0.349 e. The number of likely N-dealkylation sites (tertiary alicyclic amines) is 1. The number of hydrogen-bond acceptors (Lipinski definition) is 2. The van der Waals surface area contributed by atoms with Gasteiger partial charge < -0.3 is 10.2 Å². The van der Waals surface area contributed by atoms with Crippen LogP contribution in [-0.4, -0.2) is 37.0 Å². The summed E-state index contributed by atoms with van der Waals surface area (Å²) in [6.07, 6.45) is -2.99. The average Bonchev–Trinajstić information content (AvgIpc) is 2.60. The number of amides is 1. The van der Waals surface area contributed by atoms with Crippen molar-refractivity contribution in [2.75, 3.05) is 20.1 Å². The van der Waals surface area contributed by atoms with Crippen molar-refractivity contribution in [3.63, 3.8) is 0 Å². The fraction of sp³-hybridized carbons (Fsp3) is 0.611. The van der Waals surface area contributed by atoms with E-state index in [9.17, 15) is 18.0 Å². The highest BCUT2D eigenvalue weighted by atomic mass is 19.4. The van der Waals surface area contributed by atoms with Gasteiger partial charge in [0.25, 0.3) is 5.91 Å². The molecule has 0 radical (unpaired) electrons. The number of nitrogens with zero attached hydrogens (tertiary/aromatic N) is 1. The molecule has 1 amide bonds. The van der Waals surface area contributed by atoms with Crippen molar-refractivity contribution in [1.29, 1.82) is 0 Å². The molecule has 0 saturated carbocycles. The Balaban J connectivity index is 0.00000123. The summed E-state index contributed by atoms with van der Waals surface area (Å²) >= 11 is 0. The van der Waals surface area contributed by atoms with E-state index in [2.05, 4.69) is 10.2 Å². The second-order valence-corrected chi connectivity index (χ2v) is 5.09. The molecule has 1 saturated heterocycles. The molecule has 1 N–H and O–H groups in total. The van der Waals surface area contributed by atoms with Crippen molar-refractivity contribution in [2.45, 2.75) is 52.8 Å². The van der Waals surface area contributed by atoms with Crippen LogP contribution in [-0.2, 0) is 6.18 Å². The van der Waals surface area contributed by atoms with Crippen molar-refractivity contribution in [3.8, 4) is 0 Å².